The van der Waals surface area contributed by atoms with Gasteiger partial charge < -0.3 is 10.5 Å². The van der Waals surface area contributed by atoms with Crippen LogP contribution in [0.4, 0.5) is 0 Å². The van der Waals surface area contributed by atoms with Crippen molar-refractivity contribution in [2.45, 2.75) is 27.3 Å². The zero-order chi connectivity index (χ0) is 13.1. The Kier molecular flexibility index (Phi) is 3.68. The molecule has 0 aliphatic rings. The Balaban J connectivity index is 2.42. The fourth-order valence-corrected chi connectivity index (χ4v) is 1.95. The van der Waals surface area contributed by atoms with Crippen LogP contribution in [0.1, 0.15) is 22.3 Å². The Hall–Kier alpha value is -1.80. The number of benzene rings is 2. The average Bonchev–Trinajstić information content (AvgIpc) is 2.36. The first-order valence-electron chi connectivity index (χ1n) is 6.15. The molecule has 0 unspecified atom stereocenters. The summed E-state index contributed by atoms with van der Waals surface area (Å²) in [6, 6.07) is 12.3. The summed E-state index contributed by atoms with van der Waals surface area (Å²) in [6.07, 6.45) is 0. The second kappa shape index (κ2) is 5.23. The molecule has 0 radical (unpaired) electrons. The number of para-hydroxylation sites is 1. The van der Waals surface area contributed by atoms with Crippen LogP contribution in [0.5, 0.6) is 11.5 Å². The lowest BCUT2D eigenvalue weighted by Gasteiger charge is -2.15. The molecule has 2 heteroatoms. The quantitative estimate of drug-likeness (QED) is 0.885. The third-order valence-electron chi connectivity index (χ3n) is 3.07. The van der Waals surface area contributed by atoms with Crippen molar-refractivity contribution in [3.63, 3.8) is 0 Å². The van der Waals surface area contributed by atoms with Crippen molar-refractivity contribution < 1.29 is 4.74 Å². The van der Waals surface area contributed by atoms with E-state index in [1.54, 1.807) is 0 Å². The predicted octanol–water partition coefficient (Wildman–Crippen LogP) is 3.86. The molecule has 0 atom stereocenters. The van der Waals surface area contributed by atoms with Crippen LogP contribution in [0.25, 0.3) is 0 Å². The average molecular weight is 241 g/mol. The van der Waals surface area contributed by atoms with E-state index in [4.69, 9.17) is 10.5 Å². The number of hydrogen-bond acceptors (Lipinski definition) is 2. The molecule has 2 aromatic rings. The molecule has 0 aliphatic carbocycles. The molecule has 0 aliphatic heterocycles. The minimum absolute atomic E-state index is 0.488. The SMILES string of the molecule is Cc1ccc(C)c(Oc2c(C)cccc2CN)c1. The summed E-state index contributed by atoms with van der Waals surface area (Å²) in [5.41, 5.74) is 10.2. The van der Waals surface area contributed by atoms with Gasteiger partial charge in [0.2, 0.25) is 0 Å². The highest BCUT2D eigenvalue weighted by Gasteiger charge is 2.08. The summed E-state index contributed by atoms with van der Waals surface area (Å²) < 4.78 is 6.06. The summed E-state index contributed by atoms with van der Waals surface area (Å²) in [6.45, 7) is 6.64. The summed E-state index contributed by atoms with van der Waals surface area (Å²) >= 11 is 0. The van der Waals surface area contributed by atoms with Crippen LogP contribution >= 0.6 is 0 Å². The molecule has 2 nitrogen and oxygen atoms in total. The molecular formula is C16H19NO. The molecule has 0 amide bonds. The van der Waals surface area contributed by atoms with Gasteiger partial charge in [-0.05, 0) is 43.5 Å². The first kappa shape index (κ1) is 12.7. The highest BCUT2D eigenvalue weighted by molar-refractivity contribution is 5.46. The van der Waals surface area contributed by atoms with E-state index < -0.39 is 0 Å². The van der Waals surface area contributed by atoms with Crippen molar-refractivity contribution in [2.24, 2.45) is 5.73 Å². The van der Waals surface area contributed by atoms with E-state index in [1.165, 1.54) is 5.56 Å². The first-order chi connectivity index (χ1) is 8.61. The first-order valence-corrected chi connectivity index (χ1v) is 6.15. The minimum atomic E-state index is 0.488. The maximum atomic E-state index is 6.06. The number of aryl methyl sites for hydroxylation is 3. The van der Waals surface area contributed by atoms with Crippen LogP contribution in [0.2, 0.25) is 0 Å². The van der Waals surface area contributed by atoms with Crippen molar-refractivity contribution in [3.05, 3.63) is 58.7 Å². The Morgan fingerprint density at radius 2 is 1.78 bits per heavy atom. The largest absolute Gasteiger partial charge is 0.456 e. The zero-order valence-electron chi connectivity index (χ0n) is 11.2. The van der Waals surface area contributed by atoms with Crippen molar-refractivity contribution in [1.29, 1.82) is 0 Å². The molecule has 0 heterocycles. The maximum Gasteiger partial charge on any atom is 0.134 e. The van der Waals surface area contributed by atoms with Crippen LogP contribution < -0.4 is 10.5 Å². The topological polar surface area (TPSA) is 35.2 Å². The lowest BCUT2D eigenvalue weighted by molar-refractivity contribution is 0.468. The van der Waals surface area contributed by atoms with E-state index in [9.17, 15) is 0 Å². The highest BCUT2D eigenvalue weighted by Crippen LogP contribution is 2.31. The van der Waals surface area contributed by atoms with Gasteiger partial charge in [-0.3, -0.25) is 0 Å². The summed E-state index contributed by atoms with van der Waals surface area (Å²) in [5.74, 6) is 1.78. The summed E-state index contributed by atoms with van der Waals surface area (Å²) in [5, 5.41) is 0. The number of ether oxygens (including phenoxy) is 1. The van der Waals surface area contributed by atoms with Gasteiger partial charge in [0, 0.05) is 12.1 Å². The van der Waals surface area contributed by atoms with Gasteiger partial charge in [-0.15, -0.1) is 0 Å². The molecular weight excluding hydrogens is 222 g/mol. The summed E-state index contributed by atoms with van der Waals surface area (Å²) in [4.78, 5) is 0. The molecule has 0 spiro atoms. The lowest BCUT2D eigenvalue weighted by atomic mass is 10.1. The highest BCUT2D eigenvalue weighted by atomic mass is 16.5. The summed E-state index contributed by atoms with van der Waals surface area (Å²) in [7, 11) is 0. The fourth-order valence-electron chi connectivity index (χ4n) is 1.95. The van der Waals surface area contributed by atoms with Crippen LogP contribution in [0.3, 0.4) is 0 Å². The van der Waals surface area contributed by atoms with Gasteiger partial charge >= 0.3 is 0 Å². The molecule has 0 aromatic heterocycles. The molecule has 0 fully saturated rings. The molecule has 2 N–H and O–H groups in total. The zero-order valence-corrected chi connectivity index (χ0v) is 11.2. The number of rotatable bonds is 3. The molecule has 0 saturated heterocycles. The number of nitrogens with two attached hydrogens (primary N) is 1. The Labute approximate surface area is 108 Å². The van der Waals surface area contributed by atoms with Gasteiger partial charge in [0.05, 0.1) is 0 Å². The van der Waals surface area contributed by atoms with E-state index >= 15 is 0 Å². The molecule has 0 bridgehead atoms. The maximum absolute atomic E-state index is 6.06. The monoisotopic (exact) mass is 241 g/mol. The van der Waals surface area contributed by atoms with E-state index in [2.05, 4.69) is 32.0 Å². The van der Waals surface area contributed by atoms with Crippen LogP contribution in [-0.2, 0) is 6.54 Å². The van der Waals surface area contributed by atoms with Gasteiger partial charge in [0.1, 0.15) is 11.5 Å². The Morgan fingerprint density at radius 3 is 2.50 bits per heavy atom. The van der Waals surface area contributed by atoms with Crippen LogP contribution in [0, 0.1) is 20.8 Å². The van der Waals surface area contributed by atoms with E-state index in [-0.39, 0.29) is 0 Å². The fraction of sp³-hybridized carbons (Fsp3) is 0.250. The number of hydrogen-bond donors (Lipinski definition) is 1. The lowest BCUT2D eigenvalue weighted by Crippen LogP contribution is -2.01. The van der Waals surface area contributed by atoms with E-state index in [1.807, 2.05) is 25.1 Å². The molecule has 2 aromatic carbocycles. The molecule has 0 saturated carbocycles. The standard InChI is InChI=1S/C16H19NO/c1-11-7-8-12(2)15(9-11)18-16-13(3)5-4-6-14(16)10-17/h4-9H,10,17H2,1-3H3. The molecule has 18 heavy (non-hydrogen) atoms. The van der Waals surface area contributed by atoms with Gasteiger partial charge in [-0.1, -0.05) is 30.3 Å². The third kappa shape index (κ3) is 2.54. The Morgan fingerprint density at radius 1 is 1.00 bits per heavy atom. The van der Waals surface area contributed by atoms with Crippen LogP contribution in [-0.4, -0.2) is 0 Å². The van der Waals surface area contributed by atoms with Crippen molar-refractivity contribution >= 4 is 0 Å². The second-order valence-corrected chi connectivity index (χ2v) is 4.64. The van der Waals surface area contributed by atoms with Gasteiger partial charge in [-0.2, -0.15) is 0 Å². The second-order valence-electron chi connectivity index (χ2n) is 4.64. The van der Waals surface area contributed by atoms with Crippen LogP contribution in [0.15, 0.2) is 36.4 Å². The third-order valence-corrected chi connectivity index (χ3v) is 3.07. The van der Waals surface area contributed by atoms with Crippen molar-refractivity contribution in [2.75, 3.05) is 0 Å². The van der Waals surface area contributed by atoms with E-state index in [0.29, 0.717) is 6.54 Å². The Bertz CT molecular complexity index is 561. The van der Waals surface area contributed by atoms with E-state index in [0.717, 1.165) is 28.2 Å². The van der Waals surface area contributed by atoms with Crippen molar-refractivity contribution in [3.8, 4) is 11.5 Å². The molecule has 2 rings (SSSR count). The van der Waals surface area contributed by atoms with Gasteiger partial charge in [0.25, 0.3) is 0 Å². The molecule has 94 valence electrons. The van der Waals surface area contributed by atoms with Gasteiger partial charge in [-0.25, -0.2) is 0 Å². The minimum Gasteiger partial charge on any atom is -0.456 e. The smallest absolute Gasteiger partial charge is 0.134 e. The van der Waals surface area contributed by atoms with Gasteiger partial charge in [0.15, 0.2) is 0 Å². The normalized spacial score (nSPS) is 10.4. The van der Waals surface area contributed by atoms with Crippen molar-refractivity contribution in [1.82, 2.24) is 0 Å². The predicted molar refractivity (Wildman–Crippen MR) is 75.1 cm³/mol.